The molecular weight excluding hydrogens is 277 g/mol. The maximum Gasteiger partial charge on any atom is 0.149 e. The van der Waals surface area contributed by atoms with Crippen molar-refractivity contribution >= 4 is 15.9 Å². The molecule has 5 heteroatoms. The largest absolute Gasteiger partial charge is 0.496 e. The van der Waals surface area contributed by atoms with Gasteiger partial charge in [0.15, 0.2) is 0 Å². The highest BCUT2D eigenvalue weighted by molar-refractivity contribution is 9.10. The van der Waals surface area contributed by atoms with Gasteiger partial charge in [-0.05, 0) is 22.9 Å². The van der Waals surface area contributed by atoms with Crippen LogP contribution in [-0.4, -0.2) is 14.2 Å². The molecule has 3 nitrogen and oxygen atoms in total. The van der Waals surface area contributed by atoms with Crippen LogP contribution in [0.1, 0.15) is 18.4 Å². The van der Waals surface area contributed by atoms with Gasteiger partial charge >= 0.3 is 0 Å². The fourth-order valence-corrected chi connectivity index (χ4v) is 1.87. The molecular formula is C11H11BrFNO2. The van der Waals surface area contributed by atoms with Crippen molar-refractivity contribution in [3.63, 3.8) is 0 Å². The molecule has 0 aliphatic heterocycles. The minimum Gasteiger partial charge on any atom is -0.496 e. The van der Waals surface area contributed by atoms with Crippen LogP contribution in [0, 0.1) is 17.1 Å². The number of nitrogens with zero attached hydrogens (tertiary/aromatic N) is 1. The maximum absolute atomic E-state index is 14.0. The highest BCUT2D eigenvalue weighted by Crippen LogP contribution is 2.39. The highest BCUT2D eigenvalue weighted by Gasteiger charge is 2.22. The molecule has 0 N–H and O–H groups in total. The number of methoxy groups -OCH3 is 2. The Labute approximate surface area is 102 Å². The van der Waals surface area contributed by atoms with E-state index in [1.165, 1.54) is 14.2 Å². The third-order valence-electron chi connectivity index (χ3n) is 2.24. The van der Waals surface area contributed by atoms with Crippen LogP contribution in [0.25, 0.3) is 0 Å². The predicted octanol–water partition coefficient (Wildman–Crippen LogP) is 3.23. The van der Waals surface area contributed by atoms with Crippen LogP contribution in [0.5, 0.6) is 11.5 Å². The average Bonchev–Trinajstić information content (AvgIpc) is 2.31. The smallest absolute Gasteiger partial charge is 0.149 e. The number of halogens is 2. The number of benzene rings is 1. The van der Waals surface area contributed by atoms with Gasteiger partial charge in [-0.3, -0.25) is 0 Å². The van der Waals surface area contributed by atoms with Gasteiger partial charge in [0.2, 0.25) is 0 Å². The van der Waals surface area contributed by atoms with Gasteiger partial charge in [-0.1, -0.05) is 0 Å². The van der Waals surface area contributed by atoms with E-state index in [1.807, 2.05) is 6.07 Å². The topological polar surface area (TPSA) is 42.2 Å². The van der Waals surface area contributed by atoms with Crippen molar-refractivity contribution in [1.82, 2.24) is 0 Å². The summed E-state index contributed by atoms with van der Waals surface area (Å²) in [4.78, 5) is 0. The number of hydrogen-bond acceptors (Lipinski definition) is 3. The summed E-state index contributed by atoms with van der Waals surface area (Å²) in [6.45, 7) is 1.61. The molecule has 0 spiro atoms. The Morgan fingerprint density at radius 3 is 2.38 bits per heavy atom. The van der Waals surface area contributed by atoms with E-state index in [-0.39, 0.29) is 10.0 Å². The van der Waals surface area contributed by atoms with Gasteiger partial charge in [-0.2, -0.15) is 5.26 Å². The van der Waals surface area contributed by atoms with Crippen molar-refractivity contribution in [2.45, 2.75) is 12.8 Å². The fourth-order valence-electron chi connectivity index (χ4n) is 1.38. The SMILES string of the molecule is COc1cc(OC)c(C(C)C#N)c(F)c1Br. The molecule has 1 aromatic rings. The van der Waals surface area contributed by atoms with Crippen LogP contribution in [-0.2, 0) is 0 Å². The molecule has 86 valence electrons. The lowest BCUT2D eigenvalue weighted by molar-refractivity contribution is 0.380. The van der Waals surface area contributed by atoms with Crippen molar-refractivity contribution in [1.29, 1.82) is 5.26 Å². The molecule has 0 aliphatic carbocycles. The quantitative estimate of drug-likeness (QED) is 0.857. The monoisotopic (exact) mass is 287 g/mol. The van der Waals surface area contributed by atoms with Gasteiger partial charge in [-0.25, -0.2) is 4.39 Å². The first-order valence-corrected chi connectivity index (χ1v) is 5.35. The summed E-state index contributed by atoms with van der Waals surface area (Å²) in [5.41, 5.74) is 0.234. The third-order valence-corrected chi connectivity index (χ3v) is 2.98. The lowest BCUT2D eigenvalue weighted by atomic mass is 10.0. The van der Waals surface area contributed by atoms with E-state index in [0.29, 0.717) is 11.5 Å². The predicted molar refractivity (Wildman–Crippen MR) is 61.2 cm³/mol. The molecule has 0 amide bonds. The molecule has 1 unspecified atom stereocenters. The molecule has 0 heterocycles. The average molecular weight is 288 g/mol. The number of nitriles is 1. The van der Waals surface area contributed by atoms with Crippen molar-refractivity contribution in [2.24, 2.45) is 0 Å². The second kappa shape index (κ2) is 5.17. The minimum absolute atomic E-state index is 0.202. The van der Waals surface area contributed by atoms with Crippen molar-refractivity contribution in [3.8, 4) is 17.6 Å². The van der Waals surface area contributed by atoms with Crippen LogP contribution in [0.3, 0.4) is 0 Å². The second-order valence-electron chi connectivity index (χ2n) is 3.17. The lowest BCUT2D eigenvalue weighted by Gasteiger charge is -2.14. The number of hydrogen-bond donors (Lipinski definition) is 0. The van der Waals surface area contributed by atoms with E-state index in [9.17, 15) is 4.39 Å². The van der Waals surface area contributed by atoms with Crippen LogP contribution < -0.4 is 9.47 Å². The molecule has 0 radical (unpaired) electrons. The summed E-state index contributed by atoms with van der Waals surface area (Å²) in [6, 6.07) is 3.53. The van der Waals surface area contributed by atoms with E-state index in [2.05, 4.69) is 15.9 Å². The van der Waals surface area contributed by atoms with Gasteiger partial charge in [0.1, 0.15) is 17.3 Å². The molecule has 0 saturated heterocycles. The standard InChI is InChI=1S/C11H11BrFNO2/c1-6(5-14)9-7(15-2)4-8(16-3)10(12)11(9)13/h4,6H,1-3H3. The zero-order valence-corrected chi connectivity index (χ0v) is 10.8. The minimum atomic E-state index is -0.586. The van der Waals surface area contributed by atoms with Gasteiger partial charge in [0, 0.05) is 11.6 Å². The Bertz CT molecular complexity index is 443. The van der Waals surface area contributed by atoms with Gasteiger partial charge in [-0.15, -0.1) is 0 Å². The van der Waals surface area contributed by atoms with E-state index in [0.717, 1.165) is 0 Å². The molecule has 1 rings (SSSR count). The molecule has 16 heavy (non-hydrogen) atoms. The van der Waals surface area contributed by atoms with Crippen LogP contribution in [0.15, 0.2) is 10.5 Å². The first kappa shape index (κ1) is 12.8. The van der Waals surface area contributed by atoms with Crippen LogP contribution >= 0.6 is 15.9 Å². The van der Waals surface area contributed by atoms with E-state index in [1.54, 1.807) is 13.0 Å². The summed E-state index contributed by atoms with van der Waals surface area (Å²) in [5, 5.41) is 8.83. The Morgan fingerprint density at radius 2 is 1.94 bits per heavy atom. The summed E-state index contributed by atoms with van der Waals surface area (Å²) < 4.78 is 24.2. The lowest BCUT2D eigenvalue weighted by Crippen LogP contribution is -2.02. The Balaban J connectivity index is 3.49. The van der Waals surface area contributed by atoms with E-state index in [4.69, 9.17) is 14.7 Å². The number of rotatable bonds is 3. The van der Waals surface area contributed by atoms with Gasteiger partial charge in [0.25, 0.3) is 0 Å². The Kier molecular flexibility index (Phi) is 4.13. The Morgan fingerprint density at radius 1 is 1.38 bits per heavy atom. The molecule has 0 aromatic heterocycles. The summed E-state index contributed by atoms with van der Waals surface area (Å²) in [5.74, 6) is -0.461. The normalized spacial score (nSPS) is 11.8. The summed E-state index contributed by atoms with van der Waals surface area (Å²) >= 11 is 3.09. The first-order chi connectivity index (χ1) is 7.56. The van der Waals surface area contributed by atoms with Gasteiger partial charge in [0.05, 0.1) is 30.7 Å². The fraction of sp³-hybridized carbons (Fsp3) is 0.364. The van der Waals surface area contributed by atoms with E-state index < -0.39 is 11.7 Å². The van der Waals surface area contributed by atoms with Crippen molar-refractivity contribution in [3.05, 3.63) is 21.9 Å². The molecule has 0 fully saturated rings. The summed E-state index contributed by atoms with van der Waals surface area (Å²) in [7, 11) is 2.86. The third kappa shape index (κ3) is 2.12. The zero-order valence-electron chi connectivity index (χ0n) is 9.17. The Hall–Kier alpha value is -1.28. The van der Waals surface area contributed by atoms with Crippen LogP contribution in [0.2, 0.25) is 0 Å². The highest BCUT2D eigenvalue weighted by atomic mass is 79.9. The molecule has 0 bridgehead atoms. The first-order valence-electron chi connectivity index (χ1n) is 4.56. The summed E-state index contributed by atoms with van der Waals surface area (Å²) in [6.07, 6.45) is 0. The maximum atomic E-state index is 14.0. The van der Waals surface area contributed by atoms with Gasteiger partial charge < -0.3 is 9.47 Å². The number of ether oxygens (including phenoxy) is 2. The van der Waals surface area contributed by atoms with E-state index >= 15 is 0 Å². The molecule has 1 aromatic carbocycles. The second-order valence-corrected chi connectivity index (χ2v) is 3.97. The molecule has 1 atom stereocenters. The molecule has 0 saturated carbocycles. The van der Waals surface area contributed by atoms with Crippen LogP contribution in [0.4, 0.5) is 4.39 Å². The molecule has 0 aliphatic rings. The zero-order chi connectivity index (χ0) is 12.3. The van der Waals surface area contributed by atoms with Crippen molar-refractivity contribution < 1.29 is 13.9 Å². The van der Waals surface area contributed by atoms with Crippen molar-refractivity contribution in [2.75, 3.05) is 14.2 Å².